The topological polar surface area (TPSA) is 78.0 Å². The van der Waals surface area contributed by atoms with Gasteiger partial charge in [-0.15, -0.1) is 0 Å². The Hall–Kier alpha value is -2.77. The number of aliphatic hydroxyl groups is 1. The third-order valence-electron chi connectivity index (χ3n) is 5.85. The van der Waals surface area contributed by atoms with Gasteiger partial charge in [-0.3, -0.25) is 5.73 Å². The summed E-state index contributed by atoms with van der Waals surface area (Å²) in [5.41, 5.74) is 9.43. The summed E-state index contributed by atoms with van der Waals surface area (Å²) < 4.78 is 14.8. The molecule has 0 saturated heterocycles. The van der Waals surface area contributed by atoms with E-state index in [1.54, 1.807) is 14.2 Å². The third kappa shape index (κ3) is 4.37. The number of nitrogens with one attached hydrogen (secondary N) is 1. The number of para-hydroxylation sites is 2. The van der Waals surface area contributed by atoms with Gasteiger partial charge in [0.2, 0.25) is 0 Å². The molecule has 0 saturated carbocycles. The standard InChI is InChI=1S/C23H32N4O3/c1-5-25(6-2)13-14-26-18-9-7-8-10-19(18)27(23(26)24)16-20(28)17-11-12-21(29-3)22(15-17)30-4/h7-12,15,20,24,28H,5-6,13-14,16H2,1-4H3/p+2/t20-/m0/s1. The second-order valence-corrected chi connectivity index (χ2v) is 7.45. The highest BCUT2D eigenvalue weighted by molar-refractivity contribution is 5.73. The van der Waals surface area contributed by atoms with E-state index in [-0.39, 0.29) is 0 Å². The summed E-state index contributed by atoms with van der Waals surface area (Å²) in [6.45, 7) is 8.79. The lowest BCUT2D eigenvalue weighted by atomic mass is 10.1. The summed E-state index contributed by atoms with van der Waals surface area (Å²) in [6.07, 6.45) is -0.732. The summed E-state index contributed by atoms with van der Waals surface area (Å²) in [5.74, 6) is 1.88. The quantitative estimate of drug-likeness (QED) is 0.436. The number of nitrogen functional groups attached to an aromatic ring is 1. The molecule has 30 heavy (non-hydrogen) atoms. The molecule has 3 aromatic rings. The van der Waals surface area contributed by atoms with Crippen LogP contribution in [0.1, 0.15) is 25.5 Å². The number of aromatic nitrogens is 2. The lowest BCUT2D eigenvalue weighted by Crippen LogP contribution is -3.11. The number of rotatable bonds is 10. The number of methoxy groups -OCH3 is 2. The Morgan fingerprint density at radius 2 is 1.77 bits per heavy atom. The van der Waals surface area contributed by atoms with E-state index in [0.717, 1.165) is 42.8 Å². The molecule has 0 aliphatic heterocycles. The Morgan fingerprint density at radius 1 is 1.07 bits per heavy atom. The van der Waals surface area contributed by atoms with Gasteiger partial charge < -0.3 is 19.5 Å². The third-order valence-corrected chi connectivity index (χ3v) is 5.85. The van der Waals surface area contributed by atoms with Gasteiger partial charge in [-0.2, -0.15) is 0 Å². The predicted octanol–water partition coefficient (Wildman–Crippen LogP) is 1.19. The fourth-order valence-electron chi connectivity index (χ4n) is 3.95. The van der Waals surface area contributed by atoms with Crippen LogP contribution in [0.15, 0.2) is 42.5 Å². The molecule has 1 atom stereocenters. The first-order chi connectivity index (χ1) is 14.5. The van der Waals surface area contributed by atoms with Crippen molar-refractivity contribution in [1.29, 1.82) is 0 Å². The number of anilines is 1. The van der Waals surface area contributed by atoms with Gasteiger partial charge >= 0.3 is 5.95 Å². The molecule has 0 aliphatic carbocycles. The molecule has 0 amide bonds. The summed E-state index contributed by atoms with van der Waals surface area (Å²) in [5, 5.41) is 11.0. The maximum atomic E-state index is 11.0. The molecule has 4 N–H and O–H groups in total. The highest BCUT2D eigenvalue weighted by Gasteiger charge is 2.24. The number of benzene rings is 2. The SMILES string of the molecule is CC[NH+](CC)CCn1c(N)[n+](C[C@H](O)c2ccc(OC)c(OC)c2)c2ccccc21. The number of quaternary nitrogens is 1. The van der Waals surface area contributed by atoms with E-state index in [9.17, 15) is 5.11 Å². The first-order valence-corrected chi connectivity index (χ1v) is 10.5. The molecule has 7 nitrogen and oxygen atoms in total. The molecule has 1 heterocycles. The van der Waals surface area contributed by atoms with E-state index in [1.165, 1.54) is 4.90 Å². The molecule has 0 unspecified atom stereocenters. The number of likely N-dealkylation sites (N-methyl/N-ethyl adjacent to an activating group) is 1. The molecule has 2 aromatic carbocycles. The highest BCUT2D eigenvalue weighted by Crippen LogP contribution is 2.30. The van der Waals surface area contributed by atoms with Crippen molar-refractivity contribution in [2.24, 2.45) is 0 Å². The Labute approximate surface area is 178 Å². The monoisotopic (exact) mass is 414 g/mol. The molecule has 0 aliphatic rings. The first kappa shape index (κ1) is 21.9. The fraction of sp³-hybridized carbons (Fsp3) is 0.435. The van der Waals surface area contributed by atoms with Crippen molar-refractivity contribution in [1.82, 2.24) is 4.57 Å². The molecule has 7 heteroatoms. The summed E-state index contributed by atoms with van der Waals surface area (Å²) >= 11 is 0. The van der Waals surface area contributed by atoms with E-state index in [4.69, 9.17) is 15.2 Å². The van der Waals surface area contributed by atoms with E-state index in [1.807, 2.05) is 41.0 Å². The van der Waals surface area contributed by atoms with Crippen LogP contribution in [0.5, 0.6) is 11.5 Å². The Bertz CT molecular complexity index is 982. The van der Waals surface area contributed by atoms with E-state index in [0.29, 0.717) is 24.0 Å². The molecule has 3 rings (SSSR count). The normalized spacial score (nSPS) is 12.5. The summed E-state index contributed by atoms with van der Waals surface area (Å²) in [6, 6.07) is 13.6. The van der Waals surface area contributed by atoms with Crippen LogP contribution in [-0.4, -0.2) is 43.5 Å². The maximum Gasteiger partial charge on any atom is 0.356 e. The fourth-order valence-corrected chi connectivity index (χ4v) is 3.95. The summed E-state index contributed by atoms with van der Waals surface area (Å²) in [7, 11) is 3.19. The number of hydrogen-bond donors (Lipinski definition) is 3. The minimum atomic E-state index is -0.732. The average molecular weight is 415 g/mol. The van der Waals surface area contributed by atoms with Crippen molar-refractivity contribution in [3.63, 3.8) is 0 Å². The van der Waals surface area contributed by atoms with Crippen molar-refractivity contribution in [3.05, 3.63) is 48.0 Å². The lowest BCUT2D eigenvalue weighted by molar-refractivity contribution is -0.897. The van der Waals surface area contributed by atoms with Crippen molar-refractivity contribution in [2.45, 2.75) is 33.0 Å². The van der Waals surface area contributed by atoms with Gasteiger partial charge in [0.1, 0.15) is 36.8 Å². The predicted molar refractivity (Wildman–Crippen MR) is 118 cm³/mol. The van der Waals surface area contributed by atoms with Crippen LogP contribution >= 0.6 is 0 Å². The van der Waals surface area contributed by atoms with Crippen molar-refractivity contribution in [3.8, 4) is 11.5 Å². The minimum Gasteiger partial charge on any atom is -0.493 e. The van der Waals surface area contributed by atoms with Gasteiger partial charge in [0.15, 0.2) is 11.5 Å². The zero-order valence-electron chi connectivity index (χ0n) is 18.4. The molecule has 0 radical (unpaired) electrons. The molecule has 1 aromatic heterocycles. The van der Waals surface area contributed by atoms with Crippen molar-refractivity contribution >= 4 is 17.0 Å². The molecule has 162 valence electrons. The number of aliphatic hydroxyl groups excluding tert-OH is 1. The smallest absolute Gasteiger partial charge is 0.356 e. The van der Waals surface area contributed by atoms with Crippen LogP contribution in [0.25, 0.3) is 11.0 Å². The van der Waals surface area contributed by atoms with Crippen LogP contribution in [-0.2, 0) is 13.1 Å². The number of fused-ring (bicyclic) bond motifs is 1. The number of hydrogen-bond acceptors (Lipinski definition) is 4. The van der Waals surface area contributed by atoms with Gasteiger partial charge in [-0.25, -0.2) is 9.13 Å². The molecular formula is C23H34N4O3+2. The minimum absolute atomic E-state index is 0.354. The van der Waals surface area contributed by atoms with Crippen molar-refractivity contribution in [2.75, 3.05) is 39.6 Å². The zero-order chi connectivity index (χ0) is 21.7. The van der Waals surface area contributed by atoms with E-state index >= 15 is 0 Å². The van der Waals surface area contributed by atoms with Gasteiger partial charge in [0, 0.05) is 0 Å². The lowest BCUT2D eigenvalue weighted by Gasteiger charge is -2.15. The van der Waals surface area contributed by atoms with Crippen LogP contribution in [0.3, 0.4) is 0 Å². The zero-order valence-corrected chi connectivity index (χ0v) is 18.4. The molecule has 0 spiro atoms. The van der Waals surface area contributed by atoms with Gasteiger partial charge in [0.25, 0.3) is 0 Å². The van der Waals surface area contributed by atoms with E-state index < -0.39 is 6.10 Å². The van der Waals surface area contributed by atoms with Gasteiger partial charge in [-0.1, -0.05) is 18.2 Å². The Kier molecular flexibility index (Phi) is 7.18. The van der Waals surface area contributed by atoms with Crippen LogP contribution in [0.4, 0.5) is 5.95 Å². The maximum absolute atomic E-state index is 11.0. The number of ether oxygens (including phenoxy) is 2. The van der Waals surface area contributed by atoms with Crippen LogP contribution in [0, 0.1) is 0 Å². The van der Waals surface area contributed by atoms with Crippen molar-refractivity contribution < 1.29 is 24.0 Å². The largest absolute Gasteiger partial charge is 0.493 e. The number of nitrogens with zero attached hydrogens (tertiary/aromatic N) is 2. The average Bonchev–Trinajstić information content (AvgIpc) is 3.05. The summed E-state index contributed by atoms with van der Waals surface area (Å²) in [4.78, 5) is 1.53. The van der Waals surface area contributed by atoms with Gasteiger partial charge in [0.05, 0.1) is 27.3 Å². The molecule has 0 bridgehead atoms. The molecular weight excluding hydrogens is 380 g/mol. The highest BCUT2D eigenvalue weighted by atomic mass is 16.5. The number of nitrogens with two attached hydrogens (primary N) is 1. The second kappa shape index (κ2) is 9.82. The number of imidazole rings is 1. The Balaban J connectivity index is 1.91. The van der Waals surface area contributed by atoms with Gasteiger partial charge in [-0.05, 0) is 43.7 Å². The van der Waals surface area contributed by atoms with E-state index in [2.05, 4.69) is 24.5 Å². The van der Waals surface area contributed by atoms with Crippen LogP contribution in [0.2, 0.25) is 0 Å². The first-order valence-electron chi connectivity index (χ1n) is 10.5. The second-order valence-electron chi connectivity index (χ2n) is 7.45. The Morgan fingerprint density at radius 3 is 2.43 bits per heavy atom. The molecule has 0 fully saturated rings. The van der Waals surface area contributed by atoms with Crippen LogP contribution < -0.4 is 24.7 Å².